The van der Waals surface area contributed by atoms with Crippen molar-refractivity contribution in [3.63, 3.8) is 0 Å². The van der Waals surface area contributed by atoms with E-state index in [-0.39, 0.29) is 15.5 Å². The maximum atomic E-state index is 12.8. The molecule has 0 atom stereocenters. The Hall–Kier alpha value is -2.35. The first-order valence-electron chi connectivity index (χ1n) is 8.78. The van der Waals surface area contributed by atoms with Crippen LogP contribution in [0.2, 0.25) is 5.02 Å². The van der Waals surface area contributed by atoms with E-state index >= 15 is 0 Å². The van der Waals surface area contributed by atoms with Crippen LogP contribution < -0.4 is 10.1 Å². The molecule has 1 N–H and O–H groups in total. The van der Waals surface area contributed by atoms with Gasteiger partial charge in [0, 0.05) is 30.4 Å². The Morgan fingerprint density at radius 3 is 2.57 bits per heavy atom. The van der Waals surface area contributed by atoms with E-state index in [0.717, 1.165) is 0 Å². The molecule has 150 valence electrons. The van der Waals surface area contributed by atoms with Crippen LogP contribution in [0.15, 0.2) is 60.0 Å². The fourth-order valence-electron chi connectivity index (χ4n) is 2.57. The summed E-state index contributed by atoms with van der Waals surface area (Å²) in [6, 6.07) is 11.1. The van der Waals surface area contributed by atoms with Crippen LogP contribution in [-0.4, -0.2) is 38.3 Å². The second-order valence-electron chi connectivity index (χ2n) is 5.82. The average molecular weight is 423 g/mol. The van der Waals surface area contributed by atoms with E-state index in [1.54, 1.807) is 44.2 Å². The highest BCUT2D eigenvalue weighted by atomic mass is 35.5. The van der Waals surface area contributed by atoms with Crippen molar-refractivity contribution in [2.75, 3.05) is 25.0 Å². The van der Waals surface area contributed by atoms with Crippen molar-refractivity contribution >= 4 is 33.2 Å². The highest BCUT2D eigenvalue weighted by molar-refractivity contribution is 7.89. The zero-order valence-electron chi connectivity index (χ0n) is 15.8. The van der Waals surface area contributed by atoms with Crippen molar-refractivity contribution in [1.29, 1.82) is 0 Å². The monoisotopic (exact) mass is 422 g/mol. The number of nitrogens with zero attached hydrogens (tertiary/aromatic N) is 1. The van der Waals surface area contributed by atoms with E-state index in [0.29, 0.717) is 31.1 Å². The molecular formula is C20H23ClN2O4S. The summed E-state index contributed by atoms with van der Waals surface area (Å²) in [4.78, 5) is 12.5. The summed E-state index contributed by atoms with van der Waals surface area (Å²) in [6.45, 7) is 8.04. The molecule has 0 aliphatic rings. The van der Waals surface area contributed by atoms with Gasteiger partial charge in [0.1, 0.15) is 17.3 Å². The molecule has 1 amide bonds. The first-order chi connectivity index (χ1) is 13.3. The molecule has 0 aliphatic heterocycles. The van der Waals surface area contributed by atoms with Crippen molar-refractivity contribution < 1.29 is 17.9 Å². The van der Waals surface area contributed by atoms with Gasteiger partial charge in [0.25, 0.3) is 5.91 Å². The van der Waals surface area contributed by atoms with E-state index in [1.165, 1.54) is 22.5 Å². The average Bonchev–Trinajstić information content (AvgIpc) is 2.67. The molecule has 8 heteroatoms. The third kappa shape index (κ3) is 5.13. The molecule has 0 bridgehead atoms. The second kappa shape index (κ2) is 9.73. The zero-order valence-corrected chi connectivity index (χ0v) is 17.4. The Morgan fingerprint density at radius 2 is 1.93 bits per heavy atom. The highest BCUT2D eigenvalue weighted by Gasteiger charge is 2.25. The summed E-state index contributed by atoms with van der Waals surface area (Å²) >= 11 is 6.11. The number of rotatable bonds is 9. The molecule has 0 aliphatic carbocycles. The summed E-state index contributed by atoms with van der Waals surface area (Å²) < 4.78 is 32.3. The Bertz CT molecular complexity index is 956. The molecule has 0 saturated carbocycles. The molecule has 6 nitrogen and oxygen atoms in total. The Balaban J connectivity index is 2.29. The predicted octanol–water partition coefficient (Wildman–Crippen LogP) is 4.19. The minimum atomic E-state index is -3.79. The van der Waals surface area contributed by atoms with E-state index in [2.05, 4.69) is 11.9 Å². The number of carbonyl (C=O) groups is 1. The van der Waals surface area contributed by atoms with Gasteiger partial charge in [0.2, 0.25) is 10.0 Å². The quantitative estimate of drug-likeness (QED) is 0.615. The predicted molar refractivity (Wildman–Crippen MR) is 112 cm³/mol. The zero-order chi connectivity index (χ0) is 20.7. The summed E-state index contributed by atoms with van der Waals surface area (Å²) in [5.41, 5.74) is 0.710. The van der Waals surface area contributed by atoms with Crippen molar-refractivity contribution in [2.45, 2.75) is 18.7 Å². The van der Waals surface area contributed by atoms with Crippen LogP contribution in [0.25, 0.3) is 0 Å². The van der Waals surface area contributed by atoms with Gasteiger partial charge in [0.15, 0.2) is 0 Å². The number of benzene rings is 2. The van der Waals surface area contributed by atoms with Crippen LogP contribution in [0, 0.1) is 0 Å². The van der Waals surface area contributed by atoms with Crippen LogP contribution in [0.3, 0.4) is 0 Å². The van der Waals surface area contributed by atoms with Gasteiger partial charge in [0.05, 0.1) is 5.02 Å². The van der Waals surface area contributed by atoms with Gasteiger partial charge < -0.3 is 10.1 Å². The summed E-state index contributed by atoms with van der Waals surface area (Å²) in [5, 5.41) is 2.81. The molecule has 0 spiro atoms. The third-order valence-electron chi connectivity index (χ3n) is 3.98. The fraction of sp³-hybridized carbons (Fsp3) is 0.250. The van der Waals surface area contributed by atoms with E-state index in [9.17, 15) is 13.2 Å². The number of hydrogen-bond donors (Lipinski definition) is 1. The normalized spacial score (nSPS) is 11.3. The number of sulfonamides is 1. The van der Waals surface area contributed by atoms with Crippen LogP contribution in [-0.2, 0) is 10.0 Å². The van der Waals surface area contributed by atoms with E-state index in [1.807, 2.05) is 0 Å². The molecule has 0 saturated heterocycles. The lowest BCUT2D eigenvalue weighted by atomic mass is 10.2. The van der Waals surface area contributed by atoms with Gasteiger partial charge in [-0.2, -0.15) is 4.31 Å². The molecule has 0 heterocycles. The summed E-state index contributed by atoms with van der Waals surface area (Å²) in [7, 11) is -3.79. The van der Waals surface area contributed by atoms with Crippen LogP contribution in [0.5, 0.6) is 5.75 Å². The minimum absolute atomic E-state index is 0.0725. The number of nitrogens with one attached hydrogen (secondary N) is 1. The number of carbonyl (C=O) groups excluding carboxylic acids is 1. The van der Waals surface area contributed by atoms with Crippen molar-refractivity contribution in [2.24, 2.45) is 0 Å². The minimum Gasteiger partial charge on any atom is -0.489 e. The number of hydrogen-bond acceptors (Lipinski definition) is 4. The van der Waals surface area contributed by atoms with Crippen molar-refractivity contribution in [1.82, 2.24) is 4.31 Å². The molecule has 2 rings (SSSR count). The molecule has 0 unspecified atom stereocenters. The van der Waals surface area contributed by atoms with Gasteiger partial charge in [-0.3, -0.25) is 4.79 Å². The molecule has 2 aromatic carbocycles. The number of ether oxygens (including phenoxy) is 1. The lowest BCUT2D eigenvalue weighted by Crippen LogP contribution is -2.31. The lowest BCUT2D eigenvalue weighted by molar-refractivity contribution is 0.102. The SMILES string of the molecule is C=CCOc1cccc(NC(=O)c2ccc(Cl)c(S(=O)(=O)N(CC)CC)c2)c1. The number of halogens is 1. The van der Waals surface area contributed by atoms with E-state index < -0.39 is 15.9 Å². The Kier molecular flexibility index (Phi) is 7.62. The molecule has 0 aromatic heterocycles. The van der Waals surface area contributed by atoms with Crippen molar-refractivity contribution in [3.8, 4) is 5.75 Å². The van der Waals surface area contributed by atoms with Crippen LogP contribution in [0.1, 0.15) is 24.2 Å². The Labute approximate surface area is 170 Å². The molecular weight excluding hydrogens is 400 g/mol. The van der Waals surface area contributed by atoms with Crippen LogP contribution in [0.4, 0.5) is 5.69 Å². The smallest absolute Gasteiger partial charge is 0.255 e. The van der Waals surface area contributed by atoms with Gasteiger partial charge in [-0.1, -0.05) is 44.2 Å². The maximum absolute atomic E-state index is 12.8. The number of anilines is 1. The Morgan fingerprint density at radius 1 is 1.21 bits per heavy atom. The van der Waals surface area contributed by atoms with Gasteiger partial charge >= 0.3 is 0 Å². The lowest BCUT2D eigenvalue weighted by Gasteiger charge is -2.19. The highest BCUT2D eigenvalue weighted by Crippen LogP contribution is 2.26. The standard InChI is InChI=1S/C20H23ClN2O4S/c1-4-12-27-17-9-7-8-16(14-17)22-20(24)15-10-11-18(21)19(13-15)28(25,26)23(5-2)6-3/h4,7-11,13-14H,1,5-6,12H2,2-3H3,(H,22,24). The molecule has 28 heavy (non-hydrogen) atoms. The number of amides is 1. The van der Waals surface area contributed by atoms with Gasteiger partial charge in [-0.15, -0.1) is 0 Å². The third-order valence-corrected chi connectivity index (χ3v) is 6.51. The van der Waals surface area contributed by atoms with Gasteiger partial charge in [-0.25, -0.2) is 8.42 Å². The topological polar surface area (TPSA) is 75.7 Å². The van der Waals surface area contributed by atoms with E-state index in [4.69, 9.17) is 16.3 Å². The summed E-state index contributed by atoms with van der Waals surface area (Å²) in [6.07, 6.45) is 1.62. The second-order valence-corrected chi connectivity index (χ2v) is 8.13. The molecule has 2 aromatic rings. The van der Waals surface area contributed by atoms with Gasteiger partial charge in [-0.05, 0) is 30.3 Å². The molecule has 0 radical (unpaired) electrons. The summed E-state index contributed by atoms with van der Waals surface area (Å²) in [5.74, 6) is 0.132. The molecule has 0 fully saturated rings. The maximum Gasteiger partial charge on any atom is 0.255 e. The first kappa shape index (κ1) is 21.9. The van der Waals surface area contributed by atoms with Crippen LogP contribution >= 0.6 is 11.6 Å². The van der Waals surface area contributed by atoms with Crippen molar-refractivity contribution in [3.05, 3.63) is 65.7 Å². The first-order valence-corrected chi connectivity index (χ1v) is 10.6. The fourth-order valence-corrected chi connectivity index (χ4v) is 4.53. The largest absolute Gasteiger partial charge is 0.489 e.